The molecule has 7 heteroatoms. The first-order valence-electron chi connectivity index (χ1n) is 7.32. The predicted octanol–water partition coefficient (Wildman–Crippen LogP) is 1.45. The van der Waals surface area contributed by atoms with Crippen LogP contribution in [-0.4, -0.2) is 43.6 Å². The summed E-state index contributed by atoms with van der Waals surface area (Å²) in [5, 5.41) is 5.86. The van der Waals surface area contributed by atoms with Crippen LogP contribution in [0.1, 0.15) is 40.0 Å². The number of guanidine groups is 1. The van der Waals surface area contributed by atoms with Gasteiger partial charge in [-0.3, -0.25) is 14.6 Å². The van der Waals surface area contributed by atoms with Crippen LogP contribution in [-0.2, 0) is 9.59 Å². The van der Waals surface area contributed by atoms with Gasteiger partial charge >= 0.3 is 0 Å². The molecule has 0 aliphatic rings. The third-order valence-electron chi connectivity index (χ3n) is 3.08. The van der Waals surface area contributed by atoms with Crippen molar-refractivity contribution in [3.63, 3.8) is 0 Å². The molecule has 0 aromatic heterocycles. The highest BCUT2D eigenvalue weighted by atomic mass is 31.1. The van der Waals surface area contributed by atoms with Gasteiger partial charge < -0.3 is 16.1 Å². The first-order chi connectivity index (χ1) is 9.77. The van der Waals surface area contributed by atoms with Crippen molar-refractivity contribution in [1.29, 1.82) is 0 Å². The van der Waals surface area contributed by atoms with Gasteiger partial charge in [-0.15, -0.1) is 0 Å². The zero-order valence-electron chi connectivity index (χ0n) is 13.8. The van der Waals surface area contributed by atoms with Gasteiger partial charge in [-0.05, 0) is 47.6 Å². The maximum Gasteiger partial charge on any atom is 0.223 e. The molecule has 0 aromatic rings. The van der Waals surface area contributed by atoms with E-state index in [0.717, 1.165) is 12.8 Å². The Balaban J connectivity index is 4.06. The van der Waals surface area contributed by atoms with Gasteiger partial charge in [0.2, 0.25) is 5.91 Å². The summed E-state index contributed by atoms with van der Waals surface area (Å²) in [5.41, 5.74) is 5.71. The van der Waals surface area contributed by atoms with E-state index in [9.17, 15) is 9.59 Å². The van der Waals surface area contributed by atoms with Crippen LogP contribution < -0.4 is 16.1 Å². The van der Waals surface area contributed by atoms with Gasteiger partial charge in [0.25, 0.3) is 0 Å². The highest BCUT2D eigenvalue weighted by Gasteiger charge is 2.18. The molecule has 21 heavy (non-hydrogen) atoms. The SMILES string of the molecule is CCC(NC(=O)C(C)CCCN=C(N)NP(C)C)C(C)=O. The smallest absolute Gasteiger partial charge is 0.223 e. The molecular formula is C14H29N4O2P. The Morgan fingerprint density at radius 3 is 2.43 bits per heavy atom. The molecular weight excluding hydrogens is 287 g/mol. The number of Topliss-reactive ketones (excluding diaryl/α,β-unsaturated/α-hetero) is 1. The Hall–Kier alpha value is -1.16. The fourth-order valence-corrected chi connectivity index (χ4v) is 2.33. The van der Waals surface area contributed by atoms with E-state index in [0.29, 0.717) is 18.9 Å². The quantitative estimate of drug-likeness (QED) is 0.259. The van der Waals surface area contributed by atoms with Crippen molar-refractivity contribution < 1.29 is 9.59 Å². The van der Waals surface area contributed by atoms with Crippen LogP contribution in [0.4, 0.5) is 0 Å². The van der Waals surface area contributed by atoms with E-state index in [-0.39, 0.29) is 31.7 Å². The van der Waals surface area contributed by atoms with E-state index in [2.05, 4.69) is 28.7 Å². The molecule has 122 valence electrons. The predicted molar refractivity (Wildman–Crippen MR) is 89.7 cm³/mol. The normalized spacial score (nSPS) is 14.7. The van der Waals surface area contributed by atoms with E-state index in [1.807, 2.05) is 13.8 Å². The molecule has 6 nitrogen and oxygen atoms in total. The van der Waals surface area contributed by atoms with Crippen molar-refractivity contribution >= 4 is 25.7 Å². The van der Waals surface area contributed by atoms with Crippen molar-refractivity contribution in [2.75, 3.05) is 19.9 Å². The summed E-state index contributed by atoms with van der Waals surface area (Å²) in [7, 11) is -0.304. The topological polar surface area (TPSA) is 96.6 Å². The molecule has 0 radical (unpaired) electrons. The fraction of sp³-hybridized carbons (Fsp3) is 0.786. The van der Waals surface area contributed by atoms with E-state index >= 15 is 0 Å². The summed E-state index contributed by atoms with van der Waals surface area (Å²) in [4.78, 5) is 27.5. The van der Waals surface area contributed by atoms with Gasteiger partial charge in [-0.1, -0.05) is 13.8 Å². The maximum absolute atomic E-state index is 12.0. The minimum atomic E-state index is -0.369. The summed E-state index contributed by atoms with van der Waals surface area (Å²) in [5.74, 6) is 0.262. The first kappa shape index (κ1) is 19.8. The van der Waals surface area contributed by atoms with E-state index < -0.39 is 0 Å². The lowest BCUT2D eigenvalue weighted by atomic mass is 10.0. The van der Waals surface area contributed by atoms with E-state index in [1.165, 1.54) is 6.92 Å². The molecule has 2 atom stereocenters. The number of carbonyl (C=O) groups excluding carboxylic acids is 2. The molecule has 0 saturated carbocycles. The van der Waals surface area contributed by atoms with Crippen molar-refractivity contribution in [1.82, 2.24) is 10.4 Å². The molecule has 4 N–H and O–H groups in total. The molecule has 1 amide bonds. The van der Waals surface area contributed by atoms with Crippen LogP contribution in [0, 0.1) is 5.92 Å². The number of rotatable bonds is 9. The molecule has 0 fully saturated rings. The summed E-state index contributed by atoms with van der Waals surface area (Å²) in [6, 6.07) is -0.369. The Bertz CT molecular complexity index is 372. The lowest BCUT2D eigenvalue weighted by Gasteiger charge is -2.17. The lowest BCUT2D eigenvalue weighted by Crippen LogP contribution is -2.41. The Kier molecular flexibility index (Phi) is 9.97. The molecule has 0 spiro atoms. The molecule has 0 heterocycles. The molecule has 0 bridgehead atoms. The largest absolute Gasteiger partial charge is 0.370 e. The average molecular weight is 316 g/mol. The maximum atomic E-state index is 12.0. The fourth-order valence-electron chi connectivity index (χ4n) is 1.80. The van der Waals surface area contributed by atoms with Crippen LogP contribution in [0.3, 0.4) is 0 Å². The number of nitrogens with zero attached hydrogens (tertiary/aromatic N) is 1. The molecule has 0 aromatic carbocycles. The summed E-state index contributed by atoms with van der Waals surface area (Å²) in [6.07, 6.45) is 2.14. The Morgan fingerprint density at radius 2 is 1.95 bits per heavy atom. The number of amides is 1. The number of hydrogen-bond acceptors (Lipinski definition) is 3. The highest BCUT2D eigenvalue weighted by Crippen LogP contribution is 2.15. The van der Waals surface area contributed by atoms with Crippen LogP contribution in [0.15, 0.2) is 4.99 Å². The summed E-state index contributed by atoms with van der Waals surface area (Å²) < 4.78 is 0. The third kappa shape index (κ3) is 9.40. The summed E-state index contributed by atoms with van der Waals surface area (Å²) >= 11 is 0. The van der Waals surface area contributed by atoms with Gasteiger partial charge in [0.05, 0.1) is 6.04 Å². The average Bonchev–Trinajstić information content (AvgIpc) is 2.39. The second-order valence-electron chi connectivity index (χ2n) is 5.40. The van der Waals surface area contributed by atoms with Crippen molar-refractivity contribution in [2.45, 2.75) is 46.1 Å². The number of carbonyl (C=O) groups is 2. The number of ketones is 1. The number of aliphatic imine (C=N–C) groups is 1. The van der Waals surface area contributed by atoms with Gasteiger partial charge in [0.1, 0.15) is 0 Å². The van der Waals surface area contributed by atoms with Crippen molar-refractivity contribution in [2.24, 2.45) is 16.6 Å². The molecule has 2 unspecified atom stereocenters. The van der Waals surface area contributed by atoms with Crippen molar-refractivity contribution in [3.05, 3.63) is 0 Å². The molecule has 0 saturated heterocycles. The third-order valence-corrected chi connectivity index (χ3v) is 3.75. The standard InChI is InChI=1S/C14H29N4O2P/c1-6-12(11(3)19)17-13(20)10(2)8-7-9-16-14(15)18-21(4)5/h10,12H,6-9H2,1-5H3,(H,17,20)(H3,15,16,18). The minimum Gasteiger partial charge on any atom is -0.370 e. The molecule has 0 aliphatic heterocycles. The van der Waals surface area contributed by atoms with E-state index in [4.69, 9.17) is 5.73 Å². The van der Waals surface area contributed by atoms with Crippen LogP contribution >= 0.6 is 8.07 Å². The zero-order valence-corrected chi connectivity index (χ0v) is 14.7. The Labute approximate surface area is 129 Å². The van der Waals surface area contributed by atoms with Gasteiger partial charge in [-0.25, -0.2) is 0 Å². The monoisotopic (exact) mass is 316 g/mol. The zero-order chi connectivity index (χ0) is 16.4. The van der Waals surface area contributed by atoms with Crippen molar-refractivity contribution in [3.8, 4) is 0 Å². The van der Waals surface area contributed by atoms with Gasteiger partial charge in [0.15, 0.2) is 11.7 Å². The number of nitrogens with one attached hydrogen (secondary N) is 2. The molecule has 0 rings (SSSR count). The molecule has 0 aliphatic carbocycles. The van der Waals surface area contributed by atoms with Crippen LogP contribution in [0.5, 0.6) is 0 Å². The first-order valence-corrected chi connectivity index (χ1v) is 9.56. The second-order valence-corrected chi connectivity index (χ2v) is 7.41. The van der Waals surface area contributed by atoms with Crippen LogP contribution in [0.2, 0.25) is 0 Å². The summed E-state index contributed by atoms with van der Waals surface area (Å²) in [6.45, 7) is 9.97. The second kappa shape index (κ2) is 10.6. The number of nitrogens with two attached hydrogens (primary N) is 1. The number of hydrogen-bond donors (Lipinski definition) is 3. The van der Waals surface area contributed by atoms with Crippen LogP contribution in [0.25, 0.3) is 0 Å². The van der Waals surface area contributed by atoms with E-state index in [1.54, 1.807) is 0 Å². The van der Waals surface area contributed by atoms with Gasteiger partial charge in [0, 0.05) is 12.5 Å². The lowest BCUT2D eigenvalue weighted by molar-refractivity contribution is -0.129. The van der Waals surface area contributed by atoms with Gasteiger partial charge in [-0.2, -0.15) is 0 Å². The minimum absolute atomic E-state index is 0.00266. The Morgan fingerprint density at radius 1 is 1.33 bits per heavy atom. The highest BCUT2D eigenvalue weighted by molar-refractivity contribution is 7.54.